The Labute approximate surface area is 126 Å². The molecule has 2 saturated carbocycles. The highest BCUT2D eigenvalue weighted by Crippen LogP contribution is 2.37. The zero-order valence-electron chi connectivity index (χ0n) is 12.0. The van der Waals surface area contributed by atoms with Crippen molar-refractivity contribution in [2.24, 2.45) is 11.7 Å². The van der Waals surface area contributed by atoms with Gasteiger partial charge in [0.2, 0.25) is 0 Å². The average Bonchev–Trinajstić information content (AvgIpc) is 2.84. The normalized spacial score (nSPS) is 28.5. The molecule has 5 nitrogen and oxygen atoms in total. The molecular formula is C14H24ClN3O2. The number of rotatable bonds is 4. The van der Waals surface area contributed by atoms with Crippen LogP contribution in [-0.4, -0.2) is 16.2 Å². The maximum Gasteiger partial charge on any atom is 0.252 e. The van der Waals surface area contributed by atoms with Crippen molar-refractivity contribution in [1.82, 2.24) is 10.1 Å². The van der Waals surface area contributed by atoms with Crippen molar-refractivity contribution in [3.05, 3.63) is 11.7 Å². The minimum absolute atomic E-state index is 0. The molecule has 0 aliphatic heterocycles. The third-order valence-corrected chi connectivity index (χ3v) is 4.61. The molecule has 1 heterocycles. The fourth-order valence-corrected chi connectivity index (χ4v) is 3.01. The lowest BCUT2D eigenvalue weighted by Crippen LogP contribution is -2.44. The lowest BCUT2D eigenvalue weighted by molar-refractivity contribution is -0.0252. The van der Waals surface area contributed by atoms with Crippen LogP contribution in [0.3, 0.4) is 0 Å². The highest BCUT2D eigenvalue weighted by Gasteiger charge is 2.39. The molecule has 2 atom stereocenters. The van der Waals surface area contributed by atoms with Crippen LogP contribution in [0.25, 0.3) is 0 Å². The minimum Gasteiger partial charge on any atom is -0.368 e. The third-order valence-electron chi connectivity index (χ3n) is 4.61. The Hall–Kier alpha value is -0.650. The Morgan fingerprint density at radius 1 is 1.30 bits per heavy atom. The van der Waals surface area contributed by atoms with Crippen molar-refractivity contribution in [2.75, 3.05) is 0 Å². The molecule has 0 saturated heterocycles. The molecule has 0 aromatic carbocycles. The number of halogens is 1. The van der Waals surface area contributed by atoms with Gasteiger partial charge in [0.1, 0.15) is 6.61 Å². The lowest BCUT2D eigenvalue weighted by Gasteiger charge is -2.34. The van der Waals surface area contributed by atoms with Crippen molar-refractivity contribution >= 4 is 12.4 Å². The van der Waals surface area contributed by atoms with Gasteiger partial charge in [-0.3, -0.25) is 0 Å². The van der Waals surface area contributed by atoms with Gasteiger partial charge in [0.15, 0.2) is 5.82 Å². The molecule has 3 rings (SSSR count). The summed E-state index contributed by atoms with van der Waals surface area (Å²) in [7, 11) is 0. The van der Waals surface area contributed by atoms with Gasteiger partial charge in [0, 0.05) is 0 Å². The van der Waals surface area contributed by atoms with Gasteiger partial charge in [-0.05, 0) is 38.0 Å². The second-order valence-corrected chi connectivity index (χ2v) is 6.13. The Kier molecular flexibility index (Phi) is 5.04. The van der Waals surface area contributed by atoms with Crippen molar-refractivity contribution in [3.8, 4) is 0 Å². The fourth-order valence-electron chi connectivity index (χ4n) is 3.01. The summed E-state index contributed by atoms with van der Waals surface area (Å²) in [6.45, 7) is 2.67. The molecule has 2 unspecified atom stereocenters. The standard InChI is InChI=1S/C14H23N3O2.ClH/c1-10-5-2-3-6-11(10)18-9-12-16-13(17-19-12)14(15)7-4-8-14;/h10-11H,2-9,15H2,1H3;1H. The van der Waals surface area contributed by atoms with Crippen LogP contribution in [-0.2, 0) is 16.9 Å². The molecule has 2 fully saturated rings. The van der Waals surface area contributed by atoms with Crippen LogP contribution in [0.5, 0.6) is 0 Å². The van der Waals surface area contributed by atoms with E-state index in [2.05, 4.69) is 17.1 Å². The summed E-state index contributed by atoms with van der Waals surface area (Å²) in [6.07, 6.45) is 8.36. The molecule has 114 valence electrons. The first-order valence-corrected chi connectivity index (χ1v) is 7.41. The number of hydrogen-bond acceptors (Lipinski definition) is 5. The summed E-state index contributed by atoms with van der Waals surface area (Å²) in [5, 5.41) is 4.00. The molecular weight excluding hydrogens is 278 g/mol. The van der Waals surface area contributed by atoms with Crippen LogP contribution >= 0.6 is 12.4 Å². The topological polar surface area (TPSA) is 74.2 Å². The molecule has 0 amide bonds. The molecule has 20 heavy (non-hydrogen) atoms. The van der Waals surface area contributed by atoms with Crippen molar-refractivity contribution in [1.29, 1.82) is 0 Å². The van der Waals surface area contributed by atoms with Crippen molar-refractivity contribution < 1.29 is 9.26 Å². The molecule has 2 aliphatic rings. The Balaban J connectivity index is 0.00000147. The first kappa shape index (κ1) is 15.7. The number of hydrogen-bond donors (Lipinski definition) is 1. The van der Waals surface area contributed by atoms with E-state index in [0.717, 1.165) is 25.7 Å². The van der Waals surface area contributed by atoms with E-state index in [-0.39, 0.29) is 17.9 Å². The highest BCUT2D eigenvalue weighted by molar-refractivity contribution is 5.85. The van der Waals surface area contributed by atoms with E-state index in [1.165, 1.54) is 19.3 Å². The predicted molar refractivity (Wildman–Crippen MR) is 77.5 cm³/mol. The van der Waals surface area contributed by atoms with Crippen LogP contribution in [0, 0.1) is 5.92 Å². The zero-order chi connectivity index (χ0) is 13.3. The van der Waals surface area contributed by atoms with Gasteiger partial charge in [-0.1, -0.05) is 24.9 Å². The highest BCUT2D eigenvalue weighted by atomic mass is 35.5. The first-order chi connectivity index (χ1) is 9.17. The molecule has 0 radical (unpaired) electrons. The van der Waals surface area contributed by atoms with Gasteiger partial charge < -0.3 is 15.0 Å². The second-order valence-electron chi connectivity index (χ2n) is 6.13. The van der Waals surface area contributed by atoms with E-state index >= 15 is 0 Å². The molecule has 6 heteroatoms. The van der Waals surface area contributed by atoms with Crippen LogP contribution in [0.1, 0.15) is 63.6 Å². The van der Waals surface area contributed by atoms with Crippen LogP contribution in [0.15, 0.2) is 4.52 Å². The summed E-state index contributed by atoms with van der Waals surface area (Å²) in [4.78, 5) is 4.39. The first-order valence-electron chi connectivity index (χ1n) is 7.41. The van der Waals surface area contributed by atoms with Gasteiger partial charge >= 0.3 is 0 Å². The monoisotopic (exact) mass is 301 g/mol. The van der Waals surface area contributed by atoms with E-state index in [9.17, 15) is 0 Å². The number of nitrogens with zero attached hydrogens (tertiary/aromatic N) is 2. The number of aromatic nitrogens is 2. The van der Waals surface area contributed by atoms with E-state index in [1.54, 1.807) is 0 Å². The summed E-state index contributed by atoms with van der Waals surface area (Å²) in [5.74, 6) is 1.84. The van der Waals surface area contributed by atoms with E-state index in [1.807, 2.05) is 0 Å². The van der Waals surface area contributed by atoms with Gasteiger partial charge in [0.05, 0.1) is 11.6 Å². The SMILES string of the molecule is CC1CCCCC1OCc1nc(C2(N)CCC2)no1.Cl. The van der Waals surface area contributed by atoms with Crippen LogP contribution in [0.2, 0.25) is 0 Å². The van der Waals surface area contributed by atoms with E-state index in [0.29, 0.717) is 30.3 Å². The van der Waals surface area contributed by atoms with E-state index < -0.39 is 0 Å². The Morgan fingerprint density at radius 2 is 2.05 bits per heavy atom. The number of ether oxygens (including phenoxy) is 1. The second kappa shape index (κ2) is 6.41. The molecule has 0 bridgehead atoms. The predicted octanol–water partition coefficient (Wildman–Crippen LogP) is 2.92. The smallest absolute Gasteiger partial charge is 0.252 e. The maximum absolute atomic E-state index is 6.17. The minimum atomic E-state index is -0.347. The summed E-state index contributed by atoms with van der Waals surface area (Å²) in [6, 6.07) is 0. The van der Waals surface area contributed by atoms with Crippen LogP contribution < -0.4 is 5.73 Å². The summed E-state index contributed by atoms with van der Waals surface area (Å²) < 4.78 is 11.2. The van der Waals surface area contributed by atoms with E-state index in [4.69, 9.17) is 15.0 Å². The fraction of sp³-hybridized carbons (Fsp3) is 0.857. The summed E-state index contributed by atoms with van der Waals surface area (Å²) in [5.41, 5.74) is 5.83. The van der Waals surface area contributed by atoms with Gasteiger partial charge in [0.25, 0.3) is 5.89 Å². The van der Waals surface area contributed by atoms with Crippen LogP contribution in [0.4, 0.5) is 0 Å². The van der Waals surface area contributed by atoms with Gasteiger partial charge in [-0.25, -0.2) is 0 Å². The van der Waals surface area contributed by atoms with Gasteiger partial charge in [-0.15, -0.1) is 12.4 Å². The number of nitrogens with two attached hydrogens (primary N) is 1. The molecule has 0 spiro atoms. The molecule has 1 aromatic heterocycles. The largest absolute Gasteiger partial charge is 0.368 e. The zero-order valence-corrected chi connectivity index (χ0v) is 12.8. The maximum atomic E-state index is 6.17. The third kappa shape index (κ3) is 3.15. The van der Waals surface area contributed by atoms with Gasteiger partial charge in [-0.2, -0.15) is 4.98 Å². The molecule has 2 aliphatic carbocycles. The lowest BCUT2D eigenvalue weighted by atomic mass is 9.77. The Morgan fingerprint density at radius 3 is 2.70 bits per heavy atom. The molecule has 2 N–H and O–H groups in total. The van der Waals surface area contributed by atoms with Crippen molar-refractivity contribution in [2.45, 2.75) is 70.1 Å². The molecule has 1 aromatic rings. The van der Waals surface area contributed by atoms with Crippen molar-refractivity contribution in [3.63, 3.8) is 0 Å². The summed E-state index contributed by atoms with van der Waals surface area (Å²) >= 11 is 0. The Bertz CT molecular complexity index is 434. The average molecular weight is 302 g/mol. The quantitative estimate of drug-likeness (QED) is 0.925.